The van der Waals surface area contributed by atoms with Crippen LogP contribution in [0.1, 0.15) is 5.56 Å². The Labute approximate surface area is 150 Å². The number of rotatable bonds is 5. The molecule has 1 N–H and O–H groups in total. The van der Waals surface area contributed by atoms with Gasteiger partial charge in [-0.2, -0.15) is 0 Å². The third-order valence-electron chi connectivity index (χ3n) is 3.37. The van der Waals surface area contributed by atoms with Crippen LogP contribution in [0.2, 0.25) is 0 Å². The molecule has 0 amide bonds. The lowest BCUT2D eigenvalue weighted by Crippen LogP contribution is -2.13. The monoisotopic (exact) mass is 374 g/mol. The Kier molecular flexibility index (Phi) is 5.06. The summed E-state index contributed by atoms with van der Waals surface area (Å²) >= 11 is 1.36. The topological polar surface area (TPSA) is 59.1 Å². The lowest BCUT2D eigenvalue weighted by Gasteiger charge is -2.11. The van der Waals surface area contributed by atoms with Crippen molar-refractivity contribution in [2.24, 2.45) is 0 Å². The van der Waals surface area contributed by atoms with Crippen molar-refractivity contribution in [2.75, 3.05) is 4.72 Å². The minimum Gasteiger partial charge on any atom is -0.277 e. The maximum Gasteiger partial charge on any atom is 0.261 e. The minimum absolute atomic E-state index is 0.0101. The average Bonchev–Trinajstić information content (AvgIpc) is 2.59. The number of benzene rings is 2. The van der Waals surface area contributed by atoms with Gasteiger partial charge in [0.2, 0.25) is 0 Å². The average molecular weight is 374 g/mol. The molecule has 0 spiro atoms. The van der Waals surface area contributed by atoms with E-state index in [0.717, 1.165) is 22.6 Å². The Balaban J connectivity index is 1.87. The molecule has 0 aliphatic rings. The summed E-state index contributed by atoms with van der Waals surface area (Å²) in [6.45, 7) is 2.00. The highest BCUT2D eigenvalue weighted by Crippen LogP contribution is 2.32. The first-order chi connectivity index (χ1) is 11.9. The fourth-order valence-corrected chi connectivity index (χ4v) is 4.05. The molecule has 0 saturated heterocycles. The van der Waals surface area contributed by atoms with Crippen LogP contribution in [0.4, 0.5) is 10.1 Å². The van der Waals surface area contributed by atoms with Gasteiger partial charge < -0.3 is 0 Å². The molecule has 1 heterocycles. The van der Waals surface area contributed by atoms with Crippen molar-refractivity contribution in [1.29, 1.82) is 0 Å². The zero-order valence-corrected chi connectivity index (χ0v) is 14.9. The number of pyridine rings is 1. The number of anilines is 1. The molecule has 0 atom stereocenters. The summed E-state index contributed by atoms with van der Waals surface area (Å²) in [7, 11) is -3.82. The Morgan fingerprint density at radius 2 is 1.68 bits per heavy atom. The van der Waals surface area contributed by atoms with Crippen molar-refractivity contribution in [3.05, 3.63) is 78.2 Å². The smallest absolute Gasteiger partial charge is 0.261 e. The highest BCUT2D eigenvalue weighted by Gasteiger charge is 2.17. The van der Waals surface area contributed by atoms with Gasteiger partial charge in [-0.3, -0.25) is 4.72 Å². The Morgan fingerprint density at radius 3 is 2.36 bits per heavy atom. The number of aryl methyl sites for hydroxylation is 1. The highest BCUT2D eigenvalue weighted by atomic mass is 32.2. The molecule has 25 heavy (non-hydrogen) atoms. The van der Waals surface area contributed by atoms with Gasteiger partial charge in [-0.05, 0) is 55.5 Å². The molecular weight excluding hydrogens is 359 g/mol. The summed E-state index contributed by atoms with van der Waals surface area (Å²) in [4.78, 5) is 5.20. The molecule has 3 aromatic rings. The van der Waals surface area contributed by atoms with Gasteiger partial charge in [-0.15, -0.1) is 0 Å². The van der Waals surface area contributed by atoms with Crippen LogP contribution < -0.4 is 4.72 Å². The second kappa shape index (κ2) is 7.25. The van der Waals surface area contributed by atoms with E-state index in [1.54, 1.807) is 18.3 Å². The van der Waals surface area contributed by atoms with E-state index in [1.165, 1.54) is 23.9 Å². The Bertz CT molecular complexity index is 973. The first-order valence-electron chi connectivity index (χ1n) is 7.42. The molecule has 0 aliphatic heterocycles. The van der Waals surface area contributed by atoms with Gasteiger partial charge in [0.25, 0.3) is 10.0 Å². The lowest BCUT2D eigenvalue weighted by atomic mass is 10.2. The SMILES string of the molecule is Cc1ccc(Sc2ncccc2NS(=O)(=O)c2ccc(F)cc2)cc1. The second-order valence-electron chi connectivity index (χ2n) is 5.33. The second-order valence-corrected chi connectivity index (χ2v) is 8.08. The molecule has 7 heteroatoms. The van der Waals surface area contributed by atoms with Crippen molar-refractivity contribution in [3.63, 3.8) is 0 Å². The summed E-state index contributed by atoms with van der Waals surface area (Å²) in [6.07, 6.45) is 1.60. The molecule has 3 rings (SSSR count). The molecule has 0 unspecified atom stereocenters. The van der Waals surface area contributed by atoms with Gasteiger partial charge in [-0.1, -0.05) is 29.5 Å². The fourth-order valence-electron chi connectivity index (χ4n) is 2.09. The van der Waals surface area contributed by atoms with Crippen molar-refractivity contribution < 1.29 is 12.8 Å². The van der Waals surface area contributed by atoms with E-state index in [9.17, 15) is 12.8 Å². The van der Waals surface area contributed by atoms with E-state index >= 15 is 0 Å². The van der Waals surface area contributed by atoms with Gasteiger partial charge in [-0.25, -0.2) is 17.8 Å². The Hall–Kier alpha value is -2.38. The summed E-state index contributed by atoms with van der Waals surface area (Å²) in [5, 5.41) is 0.539. The highest BCUT2D eigenvalue weighted by molar-refractivity contribution is 7.99. The summed E-state index contributed by atoms with van der Waals surface area (Å²) in [5.74, 6) is -0.490. The normalized spacial score (nSPS) is 11.3. The fraction of sp³-hybridized carbons (Fsp3) is 0.0556. The van der Waals surface area contributed by atoms with E-state index in [0.29, 0.717) is 10.7 Å². The van der Waals surface area contributed by atoms with Crippen LogP contribution in [0.3, 0.4) is 0 Å². The van der Waals surface area contributed by atoms with Crippen molar-refractivity contribution in [3.8, 4) is 0 Å². The quantitative estimate of drug-likeness (QED) is 0.715. The summed E-state index contributed by atoms with van der Waals surface area (Å²) in [6, 6.07) is 15.8. The third kappa shape index (κ3) is 4.37. The number of aromatic nitrogens is 1. The van der Waals surface area contributed by atoms with Crippen LogP contribution in [0.25, 0.3) is 0 Å². The number of sulfonamides is 1. The molecule has 0 bridgehead atoms. The minimum atomic E-state index is -3.82. The van der Waals surface area contributed by atoms with E-state index in [1.807, 2.05) is 31.2 Å². The third-order valence-corrected chi connectivity index (χ3v) is 5.78. The molecule has 1 aromatic heterocycles. The van der Waals surface area contributed by atoms with Gasteiger partial charge in [0, 0.05) is 11.1 Å². The molecule has 0 aliphatic carbocycles. The Morgan fingerprint density at radius 1 is 1.00 bits per heavy atom. The predicted molar refractivity (Wildman–Crippen MR) is 96.7 cm³/mol. The van der Waals surface area contributed by atoms with Crippen LogP contribution in [-0.2, 0) is 10.0 Å². The molecule has 0 radical (unpaired) electrons. The summed E-state index contributed by atoms with van der Waals surface area (Å²) < 4.78 is 40.5. The molecule has 128 valence electrons. The van der Waals surface area contributed by atoms with Crippen LogP contribution in [0, 0.1) is 12.7 Å². The van der Waals surface area contributed by atoms with Gasteiger partial charge in [0.1, 0.15) is 10.8 Å². The van der Waals surface area contributed by atoms with Crippen LogP contribution >= 0.6 is 11.8 Å². The zero-order chi connectivity index (χ0) is 17.9. The lowest BCUT2D eigenvalue weighted by molar-refractivity contribution is 0.599. The first-order valence-corrected chi connectivity index (χ1v) is 9.72. The van der Waals surface area contributed by atoms with Gasteiger partial charge in [0.15, 0.2) is 0 Å². The first kappa shape index (κ1) is 17.4. The number of nitrogens with one attached hydrogen (secondary N) is 1. The number of halogens is 1. The maximum atomic E-state index is 13.0. The van der Waals surface area contributed by atoms with Crippen molar-refractivity contribution >= 4 is 27.5 Å². The van der Waals surface area contributed by atoms with E-state index in [2.05, 4.69) is 9.71 Å². The largest absolute Gasteiger partial charge is 0.277 e. The standard InChI is InChI=1S/C18H15FN2O2S2/c1-13-4-8-15(9-5-13)24-18-17(3-2-12-20-18)21-25(22,23)16-10-6-14(19)7-11-16/h2-12,21H,1H3. The van der Waals surface area contributed by atoms with Crippen LogP contribution in [0.15, 0.2) is 81.7 Å². The predicted octanol–water partition coefficient (Wildman–Crippen LogP) is 4.48. The number of hydrogen-bond donors (Lipinski definition) is 1. The zero-order valence-electron chi connectivity index (χ0n) is 13.3. The number of hydrogen-bond acceptors (Lipinski definition) is 4. The van der Waals surface area contributed by atoms with Gasteiger partial charge in [0.05, 0.1) is 10.6 Å². The van der Waals surface area contributed by atoms with Crippen molar-refractivity contribution in [2.45, 2.75) is 21.7 Å². The van der Waals surface area contributed by atoms with E-state index in [4.69, 9.17) is 0 Å². The molecule has 0 fully saturated rings. The van der Waals surface area contributed by atoms with Crippen molar-refractivity contribution in [1.82, 2.24) is 4.98 Å². The molecule has 0 saturated carbocycles. The van der Waals surface area contributed by atoms with E-state index < -0.39 is 15.8 Å². The number of nitrogens with zero attached hydrogens (tertiary/aromatic N) is 1. The molecule has 4 nitrogen and oxygen atoms in total. The summed E-state index contributed by atoms with van der Waals surface area (Å²) in [5.41, 5.74) is 1.51. The van der Waals surface area contributed by atoms with E-state index in [-0.39, 0.29) is 4.90 Å². The maximum absolute atomic E-state index is 13.0. The molecular formula is C18H15FN2O2S2. The molecule has 2 aromatic carbocycles. The van der Waals surface area contributed by atoms with Gasteiger partial charge >= 0.3 is 0 Å². The van der Waals surface area contributed by atoms with Crippen LogP contribution in [0.5, 0.6) is 0 Å². The van der Waals surface area contributed by atoms with Crippen LogP contribution in [-0.4, -0.2) is 13.4 Å².